The lowest BCUT2D eigenvalue weighted by Gasteiger charge is -2.15. The first-order valence-corrected chi connectivity index (χ1v) is 8.82. The van der Waals surface area contributed by atoms with E-state index in [0.717, 1.165) is 5.56 Å². The highest BCUT2D eigenvalue weighted by molar-refractivity contribution is 6.36. The van der Waals surface area contributed by atoms with Crippen molar-refractivity contribution >= 4 is 46.7 Å². The zero-order valence-electron chi connectivity index (χ0n) is 14.7. The Labute approximate surface area is 166 Å². The summed E-state index contributed by atoms with van der Waals surface area (Å²) in [5.41, 5.74) is 1.70. The van der Waals surface area contributed by atoms with Gasteiger partial charge in [0, 0.05) is 10.7 Å². The number of esters is 1. The number of para-hydroxylation sites is 1. The van der Waals surface area contributed by atoms with Crippen molar-refractivity contribution in [2.24, 2.45) is 0 Å². The number of rotatable bonds is 6. The van der Waals surface area contributed by atoms with Gasteiger partial charge in [-0.15, -0.1) is 0 Å². The van der Waals surface area contributed by atoms with Crippen LogP contribution in [0.5, 0.6) is 0 Å². The SMILES string of the molecule is Cc1ccccc1NC(=O)[C@@H](C)OC(=O)CNC(=O)c1ccc(Cl)cc1Cl. The van der Waals surface area contributed by atoms with E-state index in [1.54, 1.807) is 12.1 Å². The molecule has 2 aromatic rings. The van der Waals surface area contributed by atoms with Gasteiger partial charge in [0.15, 0.2) is 6.10 Å². The van der Waals surface area contributed by atoms with E-state index in [1.165, 1.54) is 25.1 Å². The number of aryl methyl sites for hydroxylation is 1. The molecule has 0 fully saturated rings. The van der Waals surface area contributed by atoms with Crippen molar-refractivity contribution in [3.8, 4) is 0 Å². The molecule has 0 aliphatic rings. The lowest BCUT2D eigenvalue weighted by Crippen LogP contribution is -2.36. The van der Waals surface area contributed by atoms with Gasteiger partial charge in [0.2, 0.25) is 0 Å². The Morgan fingerprint density at radius 3 is 2.48 bits per heavy atom. The molecule has 2 aromatic carbocycles. The molecule has 0 aliphatic heterocycles. The van der Waals surface area contributed by atoms with Gasteiger partial charge in [-0.05, 0) is 43.7 Å². The fourth-order valence-electron chi connectivity index (χ4n) is 2.16. The van der Waals surface area contributed by atoms with Crippen molar-refractivity contribution in [3.63, 3.8) is 0 Å². The van der Waals surface area contributed by atoms with E-state index in [0.29, 0.717) is 10.7 Å². The van der Waals surface area contributed by atoms with E-state index >= 15 is 0 Å². The van der Waals surface area contributed by atoms with Crippen molar-refractivity contribution in [2.45, 2.75) is 20.0 Å². The summed E-state index contributed by atoms with van der Waals surface area (Å²) in [6.07, 6.45) is -1.02. The van der Waals surface area contributed by atoms with Gasteiger partial charge in [0.25, 0.3) is 11.8 Å². The zero-order chi connectivity index (χ0) is 20.0. The summed E-state index contributed by atoms with van der Waals surface area (Å²) >= 11 is 11.7. The van der Waals surface area contributed by atoms with E-state index in [2.05, 4.69) is 10.6 Å². The number of hydrogen-bond donors (Lipinski definition) is 2. The Morgan fingerprint density at radius 1 is 1.11 bits per heavy atom. The maximum atomic E-state index is 12.1. The lowest BCUT2D eigenvalue weighted by atomic mass is 10.2. The maximum absolute atomic E-state index is 12.1. The average Bonchev–Trinajstić information content (AvgIpc) is 2.61. The standard InChI is InChI=1S/C19H18Cl2N2O4/c1-11-5-3-4-6-16(11)23-18(25)12(2)27-17(24)10-22-19(26)14-8-7-13(20)9-15(14)21/h3-9,12H,10H2,1-2H3,(H,22,26)(H,23,25)/t12-/m1/s1. The lowest BCUT2D eigenvalue weighted by molar-refractivity contribution is -0.152. The second kappa shape index (κ2) is 9.39. The van der Waals surface area contributed by atoms with Crippen molar-refractivity contribution in [1.29, 1.82) is 0 Å². The quantitative estimate of drug-likeness (QED) is 0.714. The Morgan fingerprint density at radius 2 is 1.81 bits per heavy atom. The Bertz CT molecular complexity index is 871. The molecule has 0 bridgehead atoms. The maximum Gasteiger partial charge on any atom is 0.326 e. The van der Waals surface area contributed by atoms with Crippen LogP contribution in [0.4, 0.5) is 5.69 Å². The van der Waals surface area contributed by atoms with Crippen LogP contribution in [0.25, 0.3) is 0 Å². The smallest absolute Gasteiger partial charge is 0.326 e. The molecule has 1 atom stereocenters. The molecule has 0 unspecified atom stereocenters. The molecule has 2 N–H and O–H groups in total. The highest BCUT2D eigenvalue weighted by Crippen LogP contribution is 2.20. The van der Waals surface area contributed by atoms with Gasteiger partial charge in [-0.25, -0.2) is 0 Å². The fraction of sp³-hybridized carbons (Fsp3) is 0.211. The number of benzene rings is 2. The molecule has 0 radical (unpaired) electrons. The monoisotopic (exact) mass is 408 g/mol. The molecule has 6 nitrogen and oxygen atoms in total. The molecule has 0 aliphatic carbocycles. The van der Waals surface area contributed by atoms with E-state index in [1.807, 2.05) is 19.1 Å². The molecule has 0 heterocycles. The van der Waals surface area contributed by atoms with Crippen LogP contribution < -0.4 is 10.6 Å². The van der Waals surface area contributed by atoms with Crippen LogP contribution in [-0.4, -0.2) is 30.4 Å². The van der Waals surface area contributed by atoms with Gasteiger partial charge in [-0.3, -0.25) is 14.4 Å². The number of carbonyl (C=O) groups is 3. The molecule has 0 saturated heterocycles. The first kappa shape index (κ1) is 20.7. The van der Waals surface area contributed by atoms with Crippen molar-refractivity contribution in [3.05, 3.63) is 63.6 Å². The summed E-state index contributed by atoms with van der Waals surface area (Å²) in [7, 11) is 0. The first-order valence-electron chi connectivity index (χ1n) is 8.07. The predicted molar refractivity (Wildman–Crippen MR) is 104 cm³/mol. The van der Waals surface area contributed by atoms with Crippen LogP contribution >= 0.6 is 23.2 Å². The molecule has 0 spiro atoms. The molecule has 2 amide bonds. The third-order valence-corrected chi connectivity index (χ3v) is 4.20. The third kappa shape index (κ3) is 5.98. The summed E-state index contributed by atoms with van der Waals surface area (Å²) in [5, 5.41) is 5.63. The number of anilines is 1. The van der Waals surface area contributed by atoms with E-state index < -0.39 is 30.4 Å². The van der Waals surface area contributed by atoms with Crippen LogP contribution in [0.3, 0.4) is 0 Å². The van der Waals surface area contributed by atoms with Gasteiger partial charge in [-0.1, -0.05) is 41.4 Å². The van der Waals surface area contributed by atoms with Crippen molar-refractivity contribution in [1.82, 2.24) is 5.32 Å². The number of ether oxygens (including phenoxy) is 1. The third-order valence-electron chi connectivity index (χ3n) is 3.65. The van der Waals surface area contributed by atoms with Crippen LogP contribution in [0, 0.1) is 6.92 Å². The van der Waals surface area contributed by atoms with Crippen molar-refractivity contribution < 1.29 is 19.1 Å². The molecule has 142 valence electrons. The van der Waals surface area contributed by atoms with Gasteiger partial charge in [0.05, 0.1) is 10.6 Å². The summed E-state index contributed by atoms with van der Waals surface area (Å²) in [5.74, 6) is -1.77. The second-order valence-corrected chi connectivity index (χ2v) is 6.59. The van der Waals surface area contributed by atoms with E-state index in [-0.39, 0.29) is 10.6 Å². The molecular weight excluding hydrogens is 391 g/mol. The number of hydrogen-bond acceptors (Lipinski definition) is 4. The fourth-order valence-corrected chi connectivity index (χ4v) is 2.66. The Kier molecular flexibility index (Phi) is 7.21. The number of carbonyl (C=O) groups excluding carboxylic acids is 3. The summed E-state index contributed by atoms with van der Waals surface area (Å²) in [6, 6.07) is 11.6. The topological polar surface area (TPSA) is 84.5 Å². The zero-order valence-corrected chi connectivity index (χ0v) is 16.2. The van der Waals surface area contributed by atoms with Crippen LogP contribution in [-0.2, 0) is 14.3 Å². The van der Waals surface area contributed by atoms with Crippen molar-refractivity contribution in [2.75, 3.05) is 11.9 Å². The minimum atomic E-state index is -1.02. The molecular formula is C19H18Cl2N2O4. The molecule has 0 aromatic heterocycles. The highest BCUT2D eigenvalue weighted by atomic mass is 35.5. The van der Waals surface area contributed by atoms with Gasteiger partial charge in [0.1, 0.15) is 6.54 Å². The molecule has 8 heteroatoms. The number of nitrogens with one attached hydrogen (secondary N) is 2. The minimum absolute atomic E-state index is 0.166. The predicted octanol–water partition coefficient (Wildman–Crippen LogP) is 3.60. The molecule has 27 heavy (non-hydrogen) atoms. The van der Waals surface area contributed by atoms with Crippen LogP contribution in [0.15, 0.2) is 42.5 Å². The number of amides is 2. The van der Waals surface area contributed by atoms with Gasteiger partial charge >= 0.3 is 5.97 Å². The van der Waals surface area contributed by atoms with E-state index in [9.17, 15) is 14.4 Å². The largest absolute Gasteiger partial charge is 0.451 e. The first-order chi connectivity index (χ1) is 12.8. The summed E-state index contributed by atoms with van der Waals surface area (Å²) in [6.45, 7) is 2.90. The Hall–Kier alpha value is -2.57. The van der Waals surface area contributed by atoms with E-state index in [4.69, 9.17) is 27.9 Å². The summed E-state index contributed by atoms with van der Waals surface area (Å²) in [4.78, 5) is 36.1. The highest BCUT2D eigenvalue weighted by Gasteiger charge is 2.19. The van der Waals surface area contributed by atoms with Gasteiger partial charge in [-0.2, -0.15) is 0 Å². The van der Waals surface area contributed by atoms with Crippen LogP contribution in [0.2, 0.25) is 10.0 Å². The minimum Gasteiger partial charge on any atom is -0.451 e. The molecule has 0 saturated carbocycles. The normalized spacial score (nSPS) is 11.4. The summed E-state index contributed by atoms with van der Waals surface area (Å²) < 4.78 is 5.04. The number of halogens is 2. The average molecular weight is 409 g/mol. The Balaban J connectivity index is 1.84. The molecule has 2 rings (SSSR count). The second-order valence-electron chi connectivity index (χ2n) is 5.74. The van der Waals surface area contributed by atoms with Crippen LogP contribution in [0.1, 0.15) is 22.8 Å². The van der Waals surface area contributed by atoms with Gasteiger partial charge < -0.3 is 15.4 Å².